The molecule has 1 N–H and O–H groups in total. The van der Waals surface area contributed by atoms with Crippen molar-refractivity contribution >= 4 is 0 Å². The van der Waals surface area contributed by atoms with Gasteiger partial charge in [-0.15, -0.1) is 0 Å². The van der Waals surface area contributed by atoms with E-state index in [1.807, 2.05) is 18.2 Å². The molecule has 0 aliphatic heterocycles. The number of aliphatic hydroxyl groups is 1. The third-order valence-corrected chi connectivity index (χ3v) is 4.27. The van der Waals surface area contributed by atoms with Gasteiger partial charge >= 0.3 is 0 Å². The summed E-state index contributed by atoms with van der Waals surface area (Å²) in [5.41, 5.74) is 2.03. The van der Waals surface area contributed by atoms with Crippen LogP contribution in [0, 0.1) is 5.82 Å². The van der Waals surface area contributed by atoms with Crippen molar-refractivity contribution in [2.45, 2.75) is 31.3 Å². The molecule has 1 aliphatic carbocycles. The highest BCUT2D eigenvalue weighted by Gasteiger charge is 2.33. The molecule has 0 fully saturated rings. The Labute approximate surface area is 124 Å². The Morgan fingerprint density at radius 2 is 2.00 bits per heavy atom. The quantitative estimate of drug-likeness (QED) is 0.938. The lowest BCUT2D eigenvalue weighted by molar-refractivity contribution is 0.0259. The Bertz CT molecular complexity index is 653. The van der Waals surface area contributed by atoms with E-state index in [-0.39, 0.29) is 5.82 Å². The summed E-state index contributed by atoms with van der Waals surface area (Å²) in [6.07, 6.45) is 2.34. The zero-order valence-electron chi connectivity index (χ0n) is 12.1. The van der Waals surface area contributed by atoms with E-state index in [1.54, 1.807) is 19.2 Å². The fourth-order valence-corrected chi connectivity index (χ4v) is 3.10. The van der Waals surface area contributed by atoms with Gasteiger partial charge in [0, 0.05) is 12.8 Å². The van der Waals surface area contributed by atoms with Crippen molar-refractivity contribution in [1.29, 1.82) is 0 Å². The summed E-state index contributed by atoms with van der Waals surface area (Å²) in [5, 5.41) is 10.9. The predicted octanol–water partition coefficient (Wildman–Crippen LogP) is 3.30. The minimum absolute atomic E-state index is 0.248. The van der Waals surface area contributed by atoms with Crippen molar-refractivity contribution in [3.63, 3.8) is 0 Å². The number of fused-ring (bicyclic) bond motifs is 1. The smallest absolute Gasteiger partial charge is 0.126 e. The molecule has 2 aromatic carbocycles. The highest BCUT2D eigenvalue weighted by atomic mass is 19.1. The first-order chi connectivity index (χ1) is 10.1. The molecule has 0 amide bonds. The maximum absolute atomic E-state index is 13.8. The first-order valence-electron chi connectivity index (χ1n) is 7.21. The zero-order chi connectivity index (χ0) is 14.9. The number of benzene rings is 2. The van der Waals surface area contributed by atoms with Crippen molar-refractivity contribution in [1.82, 2.24) is 0 Å². The Morgan fingerprint density at radius 3 is 2.76 bits per heavy atom. The van der Waals surface area contributed by atoms with Crippen molar-refractivity contribution in [3.05, 3.63) is 65.0 Å². The zero-order valence-corrected chi connectivity index (χ0v) is 12.1. The number of rotatable bonds is 3. The second-order valence-corrected chi connectivity index (χ2v) is 5.80. The van der Waals surface area contributed by atoms with Crippen LogP contribution in [0.15, 0.2) is 42.5 Å². The lowest BCUT2D eigenvalue weighted by atomic mass is 9.77. The van der Waals surface area contributed by atoms with Gasteiger partial charge in [0.2, 0.25) is 0 Å². The SMILES string of the molecule is COc1ccc2c(c1)CC(O)(Cc1ccccc1F)CC2. The summed E-state index contributed by atoms with van der Waals surface area (Å²) in [4.78, 5) is 0. The van der Waals surface area contributed by atoms with Crippen LogP contribution in [0.25, 0.3) is 0 Å². The van der Waals surface area contributed by atoms with Gasteiger partial charge in [0.25, 0.3) is 0 Å². The molecular weight excluding hydrogens is 267 g/mol. The Morgan fingerprint density at radius 1 is 1.19 bits per heavy atom. The molecule has 2 aromatic rings. The van der Waals surface area contributed by atoms with Crippen molar-refractivity contribution in [2.75, 3.05) is 7.11 Å². The fraction of sp³-hybridized carbons (Fsp3) is 0.333. The molecule has 110 valence electrons. The number of hydrogen-bond donors (Lipinski definition) is 1. The predicted molar refractivity (Wildman–Crippen MR) is 80.1 cm³/mol. The molecule has 0 radical (unpaired) electrons. The number of hydrogen-bond acceptors (Lipinski definition) is 2. The molecule has 21 heavy (non-hydrogen) atoms. The van der Waals surface area contributed by atoms with E-state index < -0.39 is 5.60 Å². The lowest BCUT2D eigenvalue weighted by Crippen LogP contribution is -2.38. The van der Waals surface area contributed by atoms with Gasteiger partial charge < -0.3 is 9.84 Å². The van der Waals surface area contributed by atoms with Crippen LogP contribution in [-0.4, -0.2) is 17.8 Å². The van der Waals surface area contributed by atoms with Crippen molar-refractivity contribution in [3.8, 4) is 5.75 Å². The lowest BCUT2D eigenvalue weighted by Gasteiger charge is -2.34. The van der Waals surface area contributed by atoms with Crippen LogP contribution in [0.1, 0.15) is 23.1 Å². The van der Waals surface area contributed by atoms with Crippen LogP contribution >= 0.6 is 0 Å². The monoisotopic (exact) mass is 286 g/mol. The van der Waals surface area contributed by atoms with Gasteiger partial charge in [-0.3, -0.25) is 0 Å². The second-order valence-electron chi connectivity index (χ2n) is 5.80. The third-order valence-electron chi connectivity index (χ3n) is 4.27. The summed E-state index contributed by atoms with van der Waals surface area (Å²) in [6, 6.07) is 12.6. The molecule has 0 saturated carbocycles. The summed E-state index contributed by atoms with van der Waals surface area (Å²) in [5.74, 6) is 0.547. The highest BCUT2D eigenvalue weighted by molar-refractivity contribution is 5.39. The molecule has 1 unspecified atom stereocenters. The maximum atomic E-state index is 13.8. The van der Waals surface area contributed by atoms with E-state index in [4.69, 9.17) is 4.74 Å². The maximum Gasteiger partial charge on any atom is 0.126 e. The summed E-state index contributed by atoms with van der Waals surface area (Å²) >= 11 is 0. The molecule has 0 aromatic heterocycles. The average molecular weight is 286 g/mol. The standard InChI is InChI=1S/C18H19FO2/c1-21-16-7-6-13-8-9-18(20,12-15(13)10-16)11-14-4-2-3-5-17(14)19/h2-7,10,20H,8-9,11-12H2,1H3. The van der Waals surface area contributed by atoms with Gasteiger partial charge in [-0.2, -0.15) is 0 Å². The molecule has 1 atom stereocenters. The van der Waals surface area contributed by atoms with E-state index in [1.165, 1.54) is 11.6 Å². The van der Waals surface area contributed by atoms with Crippen LogP contribution in [0.3, 0.4) is 0 Å². The van der Waals surface area contributed by atoms with Crippen molar-refractivity contribution in [2.24, 2.45) is 0 Å². The van der Waals surface area contributed by atoms with Crippen molar-refractivity contribution < 1.29 is 14.2 Å². The van der Waals surface area contributed by atoms with Gasteiger partial charge in [-0.1, -0.05) is 24.3 Å². The number of halogens is 1. The second kappa shape index (κ2) is 5.49. The van der Waals surface area contributed by atoms with Crippen LogP contribution in [0.4, 0.5) is 4.39 Å². The van der Waals surface area contributed by atoms with Gasteiger partial charge in [-0.25, -0.2) is 4.39 Å². The van der Waals surface area contributed by atoms with Gasteiger partial charge in [-0.05, 0) is 47.7 Å². The van der Waals surface area contributed by atoms with Crippen LogP contribution in [-0.2, 0) is 19.3 Å². The number of aryl methyl sites for hydroxylation is 1. The molecule has 2 nitrogen and oxygen atoms in total. The number of methoxy groups -OCH3 is 1. The molecule has 3 rings (SSSR count). The van der Waals surface area contributed by atoms with Crippen LogP contribution in [0.5, 0.6) is 5.75 Å². The van der Waals surface area contributed by atoms with E-state index in [0.717, 1.165) is 17.7 Å². The molecule has 3 heteroatoms. The molecular formula is C18H19FO2. The normalized spacial score (nSPS) is 20.9. The highest BCUT2D eigenvalue weighted by Crippen LogP contribution is 2.33. The average Bonchev–Trinajstić information content (AvgIpc) is 2.48. The van der Waals surface area contributed by atoms with E-state index in [0.29, 0.717) is 24.8 Å². The van der Waals surface area contributed by atoms with E-state index >= 15 is 0 Å². The molecule has 0 heterocycles. The van der Waals surface area contributed by atoms with Crippen LogP contribution in [0.2, 0.25) is 0 Å². The Balaban J connectivity index is 1.85. The summed E-state index contributed by atoms with van der Waals surface area (Å²) < 4.78 is 19.0. The van der Waals surface area contributed by atoms with E-state index in [2.05, 4.69) is 6.07 Å². The van der Waals surface area contributed by atoms with E-state index in [9.17, 15) is 9.50 Å². The van der Waals surface area contributed by atoms with Gasteiger partial charge in [0.05, 0.1) is 12.7 Å². The molecule has 1 aliphatic rings. The third kappa shape index (κ3) is 2.93. The molecule has 0 spiro atoms. The first-order valence-corrected chi connectivity index (χ1v) is 7.21. The molecule has 0 bridgehead atoms. The summed E-state index contributed by atoms with van der Waals surface area (Å²) in [7, 11) is 1.64. The first kappa shape index (κ1) is 14.1. The van der Waals surface area contributed by atoms with Gasteiger partial charge in [0.15, 0.2) is 0 Å². The number of ether oxygens (including phenoxy) is 1. The Kier molecular flexibility index (Phi) is 3.68. The Hall–Kier alpha value is -1.87. The van der Waals surface area contributed by atoms with Crippen LogP contribution < -0.4 is 4.74 Å². The minimum atomic E-state index is -0.887. The van der Waals surface area contributed by atoms with Gasteiger partial charge in [0.1, 0.15) is 11.6 Å². The molecule has 0 saturated heterocycles. The summed E-state index contributed by atoms with van der Waals surface area (Å²) in [6.45, 7) is 0. The fourth-order valence-electron chi connectivity index (χ4n) is 3.10. The largest absolute Gasteiger partial charge is 0.497 e. The minimum Gasteiger partial charge on any atom is -0.497 e. The topological polar surface area (TPSA) is 29.5 Å².